The van der Waals surface area contributed by atoms with E-state index >= 15 is 0 Å². The molecular formula is C17H22N2. The van der Waals surface area contributed by atoms with Crippen LogP contribution in [0, 0.1) is 20.8 Å². The average molecular weight is 254 g/mol. The second-order valence-corrected chi connectivity index (χ2v) is 5.21. The maximum absolute atomic E-state index is 5.77. The lowest BCUT2D eigenvalue weighted by molar-refractivity contribution is 0.548. The lowest BCUT2D eigenvalue weighted by atomic mass is 9.93. The summed E-state index contributed by atoms with van der Waals surface area (Å²) in [6, 6.07) is 15.1. The SMILES string of the molecule is Cc1ccc(C)c(C(Cc2ccccc2C)NN)c1. The van der Waals surface area contributed by atoms with Gasteiger partial charge in [-0.1, -0.05) is 48.0 Å². The van der Waals surface area contributed by atoms with Crippen molar-refractivity contribution in [1.82, 2.24) is 5.43 Å². The topological polar surface area (TPSA) is 38.0 Å². The molecule has 3 N–H and O–H groups in total. The Hall–Kier alpha value is -1.64. The summed E-state index contributed by atoms with van der Waals surface area (Å²) >= 11 is 0. The zero-order chi connectivity index (χ0) is 13.8. The van der Waals surface area contributed by atoms with Gasteiger partial charge in [0.05, 0.1) is 6.04 Å². The Kier molecular flexibility index (Phi) is 4.35. The van der Waals surface area contributed by atoms with Crippen LogP contribution in [0.2, 0.25) is 0 Å². The summed E-state index contributed by atoms with van der Waals surface area (Å²) in [5.74, 6) is 5.77. The Bertz CT molecular complexity index is 561. The van der Waals surface area contributed by atoms with Gasteiger partial charge in [0.1, 0.15) is 0 Å². The van der Waals surface area contributed by atoms with E-state index in [1.54, 1.807) is 0 Å². The van der Waals surface area contributed by atoms with E-state index in [1.807, 2.05) is 0 Å². The predicted molar refractivity (Wildman–Crippen MR) is 80.9 cm³/mol. The van der Waals surface area contributed by atoms with Gasteiger partial charge in [-0.2, -0.15) is 0 Å². The predicted octanol–water partition coefficient (Wildman–Crippen LogP) is 3.36. The molecule has 2 heteroatoms. The molecule has 2 nitrogen and oxygen atoms in total. The summed E-state index contributed by atoms with van der Waals surface area (Å²) in [6.45, 7) is 6.40. The highest BCUT2D eigenvalue weighted by molar-refractivity contribution is 5.35. The highest BCUT2D eigenvalue weighted by Gasteiger charge is 2.14. The van der Waals surface area contributed by atoms with E-state index in [4.69, 9.17) is 5.84 Å². The zero-order valence-electron chi connectivity index (χ0n) is 11.9. The van der Waals surface area contributed by atoms with Gasteiger partial charge in [0.2, 0.25) is 0 Å². The third-order valence-electron chi connectivity index (χ3n) is 3.70. The van der Waals surface area contributed by atoms with Gasteiger partial charge in [-0.15, -0.1) is 0 Å². The normalized spacial score (nSPS) is 12.4. The summed E-state index contributed by atoms with van der Waals surface area (Å²) in [7, 11) is 0. The van der Waals surface area contributed by atoms with Gasteiger partial charge in [-0.3, -0.25) is 11.3 Å². The molecule has 0 amide bonds. The van der Waals surface area contributed by atoms with Crippen molar-refractivity contribution in [2.24, 2.45) is 5.84 Å². The molecule has 0 saturated carbocycles. The number of nitrogens with two attached hydrogens (primary N) is 1. The molecule has 0 aliphatic heterocycles. The first-order chi connectivity index (χ1) is 9.11. The Balaban J connectivity index is 2.30. The molecule has 0 heterocycles. The first-order valence-corrected chi connectivity index (χ1v) is 6.69. The number of nitrogens with one attached hydrogen (secondary N) is 1. The van der Waals surface area contributed by atoms with Crippen molar-refractivity contribution in [2.45, 2.75) is 33.2 Å². The standard InChI is InChI=1S/C17H22N2/c1-12-8-9-14(3)16(10-12)17(19-18)11-15-7-5-4-6-13(15)2/h4-10,17,19H,11,18H2,1-3H3. The minimum absolute atomic E-state index is 0.154. The van der Waals surface area contributed by atoms with Gasteiger partial charge < -0.3 is 0 Å². The Morgan fingerprint density at radius 3 is 2.42 bits per heavy atom. The van der Waals surface area contributed by atoms with E-state index in [0.29, 0.717) is 0 Å². The lowest BCUT2D eigenvalue weighted by Crippen LogP contribution is -2.30. The number of rotatable bonds is 4. The summed E-state index contributed by atoms with van der Waals surface area (Å²) in [5, 5.41) is 0. The number of hydrazine groups is 1. The molecule has 0 radical (unpaired) electrons. The third-order valence-corrected chi connectivity index (χ3v) is 3.70. The van der Waals surface area contributed by atoms with Gasteiger partial charge in [0.15, 0.2) is 0 Å². The van der Waals surface area contributed by atoms with Crippen LogP contribution in [0.5, 0.6) is 0 Å². The summed E-state index contributed by atoms with van der Waals surface area (Å²) in [5.41, 5.74) is 9.45. The molecule has 2 aromatic rings. The lowest BCUT2D eigenvalue weighted by Gasteiger charge is -2.20. The second kappa shape index (κ2) is 6.00. The molecule has 100 valence electrons. The molecule has 1 unspecified atom stereocenters. The van der Waals surface area contributed by atoms with Crippen molar-refractivity contribution in [3.05, 3.63) is 70.3 Å². The summed E-state index contributed by atoms with van der Waals surface area (Å²) < 4.78 is 0. The molecular weight excluding hydrogens is 232 g/mol. The molecule has 0 bridgehead atoms. The molecule has 0 spiro atoms. The minimum atomic E-state index is 0.154. The molecule has 2 aromatic carbocycles. The van der Waals surface area contributed by atoms with Crippen LogP contribution in [0.1, 0.15) is 33.9 Å². The molecule has 0 saturated heterocycles. The highest BCUT2D eigenvalue weighted by Crippen LogP contribution is 2.23. The van der Waals surface area contributed by atoms with Crippen LogP contribution >= 0.6 is 0 Å². The smallest absolute Gasteiger partial charge is 0.0503 e. The van der Waals surface area contributed by atoms with Crippen LogP contribution in [0.25, 0.3) is 0 Å². The van der Waals surface area contributed by atoms with Crippen molar-refractivity contribution in [3.8, 4) is 0 Å². The van der Waals surface area contributed by atoms with Crippen molar-refractivity contribution < 1.29 is 0 Å². The van der Waals surface area contributed by atoms with E-state index in [-0.39, 0.29) is 6.04 Å². The van der Waals surface area contributed by atoms with Crippen LogP contribution in [0.3, 0.4) is 0 Å². The quantitative estimate of drug-likeness (QED) is 0.648. The number of aryl methyl sites for hydroxylation is 3. The van der Waals surface area contributed by atoms with Crippen LogP contribution < -0.4 is 11.3 Å². The van der Waals surface area contributed by atoms with Crippen LogP contribution in [-0.2, 0) is 6.42 Å². The van der Waals surface area contributed by atoms with E-state index in [1.165, 1.54) is 27.8 Å². The fourth-order valence-electron chi connectivity index (χ4n) is 2.45. The summed E-state index contributed by atoms with van der Waals surface area (Å²) in [6.07, 6.45) is 0.910. The van der Waals surface area contributed by atoms with Crippen molar-refractivity contribution >= 4 is 0 Å². The number of hydrogen-bond donors (Lipinski definition) is 2. The largest absolute Gasteiger partial charge is 0.271 e. The van der Waals surface area contributed by atoms with E-state index in [2.05, 4.69) is 68.7 Å². The maximum Gasteiger partial charge on any atom is 0.0503 e. The molecule has 0 aliphatic rings. The van der Waals surface area contributed by atoms with Crippen LogP contribution in [-0.4, -0.2) is 0 Å². The van der Waals surface area contributed by atoms with Crippen LogP contribution in [0.15, 0.2) is 42.5 Å². The number of benzene rings is 2. The highest BCUT2D eigenvalue weighted by atomic mass is 15.2. The molecule has 1 atom stereocenters. The van der Waals surface area contributed by atoms with E-state index in [9.17, 15) is 0 Å². The molecule has 0 aliphatic carbocycles. The molecule has 0 aromatic heterocycles. The van der Waals surface area contributed by atoms with Crippen LogP contribution in [0.4, 0.5) is 0 Å². The first-order valence-electron chi connectivity index (χ1n) is 6.69. The first kappa shape index (κ1) is 13.8. The average Bonchev–Trinajstić information content (AvgIpc) is 2.41. The minimum Gasteiger partial charge on any atom is -0.271 e. The van der Waals surface area contributed by atoms with E-state index in [0.717, 1.165) is 6.42 Å². The molecule has 0 fully saturated rings. The second-order valence-electron chi connectivity index (χ2n) is 5.21. The van der Waals surface area contributed by atoms with Gasteiger partial charge in [0, 0.05) is 0 Å². The van der Waals surface area contributed by atoms with Gasteiger partial charge in [-0.25, -0.2) is 0 Å². The Morgan fingerprint density at radius 1 is 1.00 bits per heavy atom. The zero-order valence-corrected chi connectivity index (χ0v) is 11.9. The monoisotopic (exact) mass is 254 g/mol. The Morgan fingerprint density at radius 2 is 1.74 bits per heavy atom. The fourth-order valence-corrected chi connectivity index (χ4v) is 2.45. The molecule has 19 heavy (non-hydrogen) atoms. The maximum atomic E-state index is 5.77. The summed E-state index contributed by atoms with van der Waals surface area (Å²) in [4.78, 5) is 0. The van der Waals surface area contributed by atoms with Gasteiger partial charge in [0.25, 0.3) is 0 Å². The van der Waals surface area contributed by atoms with Crippen molar-refractivity contribution in [1.29, 1.82) is 0 Å². The van der Waals surface area contributed by atoms with Gasteiger partial charge in [-0.05, 0) is 49.4 Å². The van der Waals surface area contributed by atoms with E-state index < -0.39 is 0 Å². The third kappa shape index (κ3) is 3.22. The van der Waals surface area contributed by atoms with Gasteiger partial charge >= 0.3 is 0 Å². The Labute approximate surface area is 115 Å². The van der Waals surface area contributed by atoms with Crippen molar-refractivity contribution in [3.63, 3.8) is 0 Å². The molecule has 2 rings (SSSR count). The number of hydrogen-bond acceptors (Lipinski definition) is 2. The fraction of sp³-hybridized carbons (Fsp3) is 0.294. The van der Waals surface area contributed by atoms with Crippen molar-refractivity contribution in [2.75, 3.05) is 0 Å².